The number of rotatable bonds is 4. The highest BCUT2D eigenvalue weighted by Gasteiger charge is 2.24. The van der Waals surface area contributed by atoms with Crippen LogP contribution < -0.4 is 10.6 Å². The Hall–Kier alpha value is -2.84. The summed E-state index contributed by atoms with van der Waals surface area (Å²) in [5, 5.41) is 16.3. The number of hydrogen-bond acceptors (Lipinski definition) is 6. The summed E-state index contributed by atoms with van der Waals surface area (Å²) in [4.78, 5) is 16.7. The quantitative estimate of drug-likeness (QED) is 0.730. The smallest absolute Gasteiger partial charge is 0.228 e. The van der Waals surface area contributed by atoms with E-state index in [1.165, 1.54) is 0 Å². The second-order valence-corrected chi connectivity index (χ2v) is 6.81. The van der Waals surface area contributed by atoms with Crippen LogP contribution in [0.2, 0.25) is 0 Å². The molecule has 1 aliphatic rings. The average Bonchev–Trinajstić information content (AvgIpc) is 3.09. The van der Waals surface area contributed by atoms with E-state index in [9.17, 15) is 4.79 Å². The van der Waals surface area contributed by atoms with Gasteiger partial charge in [-0.1, -0.05) is 17.3 Å². The molecule has 1 aliphatic heterocycles. The predicted octanol–water partition coefficient (Wildman–Crippen LogP) is 1.74. The highest BCUT2D eigenvalue weighted by atomic mass is 16.5. The second kappa shape index (κ2) is 7.42. The molecule has 3 aromatic rings. The predicted molar refractivity (Wildman–Crippen MR) is 102 cm³/mol. The summed E-state index contributed by atoms with van der Waals surface area (Å²) in [6, 6.07) is 8.02. The number of anilines is 1. The minimum atomic E-state index is -0.123. The number of ether oxygens (including phenoxy) is 1. The summed E-state index contributed by atoms with van der Waals surface area (Å²) < 4.78 is 7.34. The molecule has 0 spiro atoms. The van der Waals surface area contributed by atoms with Gasteiger partial charge in [0.15, 0.2) is 0 Å². The van der Waals surface area contributed by atoms with E-state index in [0.717, 1.165) is 28.6 Å². The third-order valence-electron chi connectivity index (χ3n) is 4.73. The van der Waals surface area contributed by atoms with Crippen molar-refractivity contribution in [2.24, 2.45) is 7.05 Å². The molecule has 0 bridgehead atoms. The van der Waals surface area contributed by atoms with Crippen molar-refractivity contribution >= 4 is 22.5 Å². The molecule has 0 saturated carbocycles. The van der Waals surface area contributed by atoms with Gasteiger partial charge in [-0.25, -0.2) is 4.98 Å². The summed E-state index contributed by atoms with van der Waals surface area (Å²) in [6.45, 7) is 3.47. The highest BCUT2D eigenvalue weighted by Crippen LogP contribution is 2.24. The number of hydrogen-bond donors (Lipinski definition) is 2. The van der Waals surface area contributed by atoms with Crippen LogP contribution in [-0.2, 0) is 16.6 Å². The Morgan fingerprint density at radius 2 is 2.26 bits per heavy atom. The Bertz CT molecular complexity index is 970. The standard InChI is InChI=1S/C19H22N6O2/c1-12-17(27-6-5-20-12)9-19(26)22-18-8-15-7-13(3-4-14(15)10-21-18)16-11-25(2)24-23-16/h3-4,7-8,10-12,17,20H,5-6,9H2,1-2H3,(H,21,22,26). The van der Waals surface area contributed by atoms with Crippen molar-refractivity contribution in [2.75, 3.05) is 18.5 Å². The minimum absolute atomic E-state index is 0.104. The van der Waals surface area contributed by atoms with Gasteiger partial charge < -0.3 is 15.4 Å². The van der Waals surface area contributed by atoms with Gasteiger partial charge in [-0.15, -0.1) is 5.10 Å². The van der Waals surface area contributed by atoms with Crippen LogP contribution in [0.15, 0.2) is 36.7 Å². The highest BCUT2D eigenvalue weighted by molar-refractivity contribution is 5.94. The third kappa shape index (κ3) is 3.96. The Labute approximate surface area is 156 Å². The van der Waals surface area contributed by atoms with E-state index in [1.807, 2.05) is 44.4 Å². The molecule has 1 fully saturated rings. The lowest BCUT2D eigenvalue weighted by Gasteiger charge is -2.29. The van der Waals surface area contributed by atoms with E-state index >= 15 is 0 Å². The molecule has 2 N–H and O–H groups in total. The van der Waals surface area contributed by atoms with Crippen molar-refractivity contribution in [1.82, 2.24) is 25.3 Å². The van der Waals surface area contributed by atoms with Gasteiger partial charge in [0.2, 0.25) is 5.91 Å². The van der Waals surface area contributed by atoms with Crippen LogP contribution in [0.25, 0.3) is 22.0 Å². The zero-order valence-electron chi connectivity index (χ0n) is 15.3. The molecule has 2 unspecified atom stereocenters. The molecular weight excluding hydrogens is 344 g/mol. The number of aryl methyl sites for hydroxylation is 1. The number of carbonyl (C=O) groups is 1. The molecule has 4 rings (SSSR count). The number of nitrogens with zero attached hydrogens (tertiary/aromatic N) is 4. The molecule has 1 saturated heterocycles. The van der Waals surface area contributed by atoms with Gasteiger partial charge in [0.05, 0.1) is 25.3 Å². The lowest BCUT2D eigenvalue weighted by atomic mass is 10.1. The van der Waals surface area contributed by atoms with Crippen LogP contribution in [0.3, 0.4) is 0 Å². The third-order valence-corrected chi connectivity index (χ3v) is 4.73. The molecule has 140 valence electrons. The van der Waals surface area contributed by atoms with Crippen LogP contribution in [0.5, 0.6) is 0 Å². The molecule has 27 heavy (non-hydrogen) atoms. The van der Waals surface area contributed by atoms with Gasteiger partial charge in [-0.3, -0.25) is 9.48 Å². The number of morpholine rings is 1. The van der Waals surface area contributed by atoms with Gasteiger partial charge in [0, 0.05) is 36.8 Å². The Balaban J connectivity index is 1.51. The van der Waals surface area contributed by atoms with Crippen LogP contribution in [0.4, 0.5) is 5.82 Å². The lowest BCUT2D eigenvalue weighted by Crippen LogP contribution is -2.47. The maximum absolute atomic E-state index is 12.4. The zero-order valence-corrected chi connectivity index (χ0v) is 15.3. The molecular formula is C19H22N6O2. The molecule has 3 heterocycles. The summed E-state index contributed by atoms with van der Waals surface area (Å²) in [5.74, 6) is 0.424. The SMILES string of the molecule is CC1NCCOC1CC(=O)Nc1cc2cc(-c3cn(C)nn3)ccc2cn1. The average molecular weight is 366 g/mol. The zero-order chi connectivity index (χ0) is 18.8. The normalized spacial score (nSPS) is 19.9. The van der Waals surface area contributed by atoms with E-state index in [0.29, 0.717) is 18.8 Å². The van der Waals surface area contributed by atoms with Crippen molar-refractivity contribution in [3.8, 4) is 11.3 Å². The van der Waals surface area contributed by atoms with E-state index in [2.05, 4.69) is 25.9 Å². The van der Waals surface area contributed by atoms with Crippen molar-refractivity contribution in [3.05, 3.63) is 36.7 Å². The molecule has 2 atom stereocenters. The number of benzene rings is 1. The summed E-state index contributed by atoms with van der Waals surface area (Å²) in [6.07, 6.45) is 3.80. The first-order valence-electron chi connectivity index (χ1n) is 9.00. The number of aromatic nitrogens is 4. The summed E-state index contributed by atoms with van der Waals surface area (Å²) >= 11 is 0. The summed E-state index contributed by atoms with van der Waals surface area (Å²) in [7, 11) is 1.83. The Morgan fingerprint density at radius 1 is 1.37 bits per heavy atom. The van der Waals surface area contributed by atoms with Crippen LogP contribution >= 0.6 is 0 Å². The maximum atomic E-state index is 12.4. The van der Waals surface area contributed by atoms with Crippen molar-refractivity contribution in [2.45, 2.75) is 25.5 Å². The van der Waals surface area contributed by atoms with Crippen LogP contribution in [0, 0.1) is 0 Å². The first-order chi connectivity index (χ1) is 13.1. The topological polar surface area (TPSA) is 94.0 Å². The molecule has 1 aromatic carbocycles. The number of nitrogens with one attached hydrogen (secondary N) is 2. The maximum Gasteiger partial charge on any atom is 0.228 e. The molecule has 8 heteroatoms. The van der Waals surface area contributed by atoms with Crippen LogP contribution in [-0.4, -0.2) is 51.2 Å². The fourth-order valence-corrected chi connectivity index (χ4v) is 3.23. The second-order valence-electron chi connectivity index (χ2n) is 6.81. The first-order valence-corrected chi connectivity index (χ1v) is 9.00. The van der Waals surface area contributed by atoms with E-state index in [1.54, 1.807) is 10.9 Å². The van der Waals surface area contributed by atoms with Gasteiger partial charge in [0.1, 0.15) is 11.5 Å². The molecule has 1 amide bonds. The molecule has 2 aromatic heterocycles. The van der Waals surface area contributed by atoms with E-state index in [4.69, 9.17) is 4.74 Å². The molecule has 0 radical (unpaired) electrons. The van der Waals surface area contributed by atoms with Gasteiger partial charge in [-0.2, -0.15) is 0 Å². The Morgan fingerprint density at radius 3 is 3.04 bits per heavy atom. The molecule has 0 aliphatic carbocycles. The monoisotopic (exact) mass is 366 g/mol. The fraction of sp³-hybridized carbons (Fsp3) is 0.368. The molecule has 8 nitrogen and oxygen atoms in total. The fourth-order valence-electron chi connectivity index (χ4n) is 3.23. The summed E-state index contributed by atoms with van der Waals surface area (Å²) in [5.41, 5.74) is 1.77. The number of fused-ring (bicyclic) bond motifs is 1. The van der Waals surface area contributed by atoms with E-state index < -0.39 is 0 Å². The van der Waals surface area contributed by atoms with Gasteiger partial charge in [0.25, 0.3) is 0 Å². The lowest BCUT2D eigenvalue weighted by molar-refractivity contribution is -0.120. The number of carbonyl (C=O) groups excluding carboxylic acids is 1. The number of amides is 1. The van der Waals surface area contributed by atoms with Gasteiger partial charge in [-0.05, 0) is 24.4 Å². The van der Waals surface area contributed by atoms with Crippen molar-refractivity contribution < 1.29 is 9.53 Å². The number of pyridine rings is 1. The van der Waals surface area contributed by atoms with Crippen molar-refractivity contribution in [1.29, 1.82) is 0 Å². The largest absolute Gasteiger partial charge is 0.375 e. The van der Waals surface area contributed by atoms with E-state index in [-0.39, 0.29) is 18.1 Å². The Kier molecular flexibility index (Phi) is 4.83. The van der Waals surface area contributed by atoms with Crippen LogP contribution in [0.1, 0.15) is 13.3 Å². The minimum Gasteiger partial charge on any atom is -0.375 e. The first kappa shape index (κ1) is 17.6. The van der Waals surface area contributed by atoms with Crippen molar-refractivity contribution in [3.63, 3.8) is 0 Å². The van der Waals surface area contributed by atoms with Gasteiger partial charge >= 0.3 is 0 Å².